The van der Waals surface area contributed by atoms with E-state index in [2.05, 4.69) is 15.5 Å². The van der Waals surface area contributed by atoms with Crippen LogP contribution in [0.15, 0.2) is 82.9 Å². The maximum absolute atomic E-state index is 12.6. The molecule has 0 amide bonds. The first-order valence-corrected chi connectivity index (χ1v) is 12.1. The van der Waals surface area contributed by atoms with E-state index in [4.69, 9.17) is 4.74 Å². The molecule has 1 N–H and O–H groups in total. The van der Waals surface area contributed by atoms with Crippen molar-refractivity contribution in [3.05, 3.63) is 84.1 Å². The van der Waals surface area contributed by atoms with Crippen LogP contribution in [0.3, 0.4) is 0 Å². The summed E-state index contributed by atoms with van der Waals surface area (Å²) >= 11 is 0. The summed E-state index contributed by atoms with van der Waals surface area (Å²) in [5.41, 5.74) is 5.83. The number of hydrogen-bond acceptors (Lipinski definition) is 6. The van der Waals surface area contributed by atoms with Gasteiger partial charge in [-0.25, -0.2) is 13.4 Å². The Kier molecular flexibility index (Phi) is 6.53. The van der Waals surface area contributed by atoms with Crippen LogP contribution in [-0.4, -0.2) is 36.5 Å². The first-order chi connectivity index (χ1) is 15.5. The van der Waals surface area contributed by atoms with E-state index in [1.165, 1.54) is 10.5 Å². The van der Waals surface area contributed by atoms with Gasteiger partial charge in [-0.1, -0.05) is 56.3 Å². The van der Waals surface area contributed by atoms with Crippen molar-refractivity contribution in [1.29, 1.82) is 0 Å². The number of aromatic nitrogens is 1. The second-order valence-corrected chi connectivity index (χ2v) is 9.29. The first-order valence-electron chi connectivity index (χ1n) is 10.6. The molecule has 0 aliphatic carbocycles. The van der Waals surface area contributed by atoms with E-state index in [1.807, 2.05) is 68.4 Å². The van der Waals surface area contributed by atoms with Crippen molar-refractivity contribution < 1.29 is 13.2 Å². The van der Waals surface area contributed by atoms with Crippen molar-refractivity contribution in [2.75, 3.05) is 18.5 Å². The number of para-hydroxylation sites is 1. The van der Waals surface area contributed by atoms with Gasteiger partial charge in [0.25, 0.3) is 0 Å². The van der Waals surface area contributed by atoms with E-state index in [1.54, 1.807) is 12.1 Å². The van der Waals surface area contributed by atoms with E-state index in [0.29, 0.717) is 25.3 Å². The quantitative estimate of drug-likeness (QED) is 0.538. The minimum Gasteiger partial charge on any atom is -0.485 e. The number of hydrogen-bond donors (Lipinski definition) is 1. The molecule has 0 saturated carbocycles. The largest absolute Gasteiger partial charge is 0.485 e. The van der Waals surface area contributed by atoms with Gasteiger partial charge < -0.3 is 4.74 Å². The van der Waals surface area contributed by atoms with Crippen LogP contribution >= 0.6 is 0 Å². The molecule has 1 unspecified atom stereocenters. The number of sulfonamides is 1. The Labute approximate surface area is 188 Å². The van der Waals surface area contributed by atoms with Crippen molar-refractivity contribution in [3.8, 4) is 5.75 Å². The van der Waals surface area contributed by atoms with Gasteiger partial charge in [0, 0.05) is 31.3 Å². The van der Waals surface area contributed by atoms with Crippen molar-refractivity contribution in [1.82, 2.24) is 9.29 Å². The van der Waals surface area contributed by atoms with Crippen LogP contribution in [0.4, 0.5) is 5.82 Å². The molecule has 8 heteroatoms. The van der Waals surface area contributed by atoms with Gasteiger partial charge in [-0.2, -0.15) is 9.41 Å². The van der Waals surface area contributed by atoms with E-state index >= 15 is 0 Å². The Morgan fingerprint density at radius 2 is 1.75 bits per heavy atom. The number of anilines is 1. The van der Waals surface area contributed by atoms with Crippen molar-refractivity contribution in [2.45, 2.75) is 31.3 Å². The van der Waals surface area contributed by atoms with Crippen LogP contribution < -0.4 is 10.2 Å². The zero-order chi connectivity index (χ0) is 22.6. The molecule has 0 spiro atoms. The monoisotopic (exact) mass is 450 g/mol. The lowest BCUT2D eigenvalue weighted by Gasteiger charge is -2.27. The molecule has 166 valence electrons. The maximum atomic E-state index is 12.6. The summed E-state index contributed by atoms with van der Waals surface area (Å²) in [6, 6.07) is 21.0. The van der Waals surface area contributed by atoms with E-state index in [0.717, 1.165) is 22.6 Å². The van der Waals surface area contributed by atoms with Crippen LogP contribution in [0.2, 0.25) is 0 Å². The molecule has 3 aromatic rings. The fraction of sp³-hybridized carbons (Fsp3) is 0.250. The SMILES string of the molecule is CCN(CC)S(=O)(=O)c1ccc(N/N=C2\CC(c3ccccc3)Oc3ccccc32)nc1. The Balaban J connectivity index is 1.57. The summed E-state index contributed by atoms with van der Waals surface area (Å²) in [5.74, 6) is 1.25. The average molecular weight is 451 g/mol. The van der Waals surface area contributed by atoms with Crippen molar-refractivity contribution in [3.63, 3.8) is 0 Å². The van der Waals surface area contributed by atoms with Gasteiger partial charge in [-0.3, -0.25) is 5.43 Å². The normalized spacial score (nSPS) is 17.1. The Morgan fingerprint density at radius 3 is 2.44 bits per heavy atom. The highest BCUT2D eigenvalue weighted by Gasteiger charge is 2.26. The van der Waals surface area contributed by atoms with Gasteiger partial charge in [-0.05, 0) is 29.8 Å². The first kappa shape index (κ1) is 22.0. The third-order valence-electron chi connectivity index (χ3n) is 5.40. The molecule has 0 radical (unpaired) electrons. The lowest BCUT2D eigenvalue weighted by molar-refractivity contribution is 0.206. The Bertz CT molecular complexity index is 1190. The van der Waals surface area contributed by atoms with Gasteiger partial charge in [-0.15, -0.1) is 0 Å². The van der Waals surface area contributed by atoms with Gasteiger partial charge >= 0.3 is 0 Å². The number of ether oxygens (including phenoxy) is 1. The number of rotatable bonds is 7. The lowest BCUT2D eigenvalue weighted by Crippen LogP contribution is -2.30. The molecule has 32 heavy (non-hydrogen) atoms. The zero-order valence-electron chi connectivity index (χ0n) is 18.1. The topological polar surface area (TPSA) is 83.9 Å². The number of nitrogens with one attached hydrogen (secondary N) is 1. The van der Waals surface area contributed by atoms with Crippen LogP contribution in [0.5, 0.6) is 5.75 Å². The highest BCUT2D eigenvalue weighted by atomic mass is 32.2. The molecule has 7 nitrogen and oxygen atoms in total. The molecular formula is C24H26N4O3S. The van der Waals surface area contributed by atoms with Gasteiger partial charge in [0.2, 0.25) is 10.0 Å². The van der Waals surface area contributed by atoms with Crippen LogP contribution in [0, 0.1) is 0 Å². The third kappa shape index (κ3) is 4.51. The van der Waals surface area contributed by atoms with Crippen molar-refractivity contribution >= 4 is 21.6 Å². The van der Waals surface area contributed by atoms with E-state index in [-0.39, 0.29) is 11.0 Å². The summed E-state index contributed by atoms with van der Waals surface area (Å²) in [6.45, 7) is 4.46. The smallest absolute Gasteiger partial charge is 0.244 e. The minimum atomic E-state index is -3.54. The Morgan fingerprint density at radius 1 is 1.03 bits per heavy atom. The van der Waals surface area contributed by atoms with Crippen LogP contribution in [-0.2, 0) is 10.0 Å². The Hall–Kier alpha value is -3.23. The summed E-state index contributed by atoms with van der Waals surface area (Å²) in [5, 5.41) is 4.59. The molecular weight excluding hydrogens is 424 g/mol. The standard InChI is InChI=1S/C24H26N4O3S/c1-3-28(4-2)32(29,30)19-14-15-24(25-17-19)27-26-21-16-23(18-10-6-5-7-11-18)31-22-13-9-8-12-20(21)22/h5-15,17,23H,3-4,16H2,1-2H3,(H,25,27)/b26-21+. The molecule has 1 aromatic heterocycles. The summed E-state index contributed by atoms with van der Waals surface area (Å²) in [4.78, 5) is 4.42. The fourth-order valence-corrected chi connectivity index (χ4v) is 5.09. The number of pyridine rings is 1. The number of benzene rings is 2. The lowest BCUT2D eigenvalue weighted by atomic mass is 9.96. The molecule has 1 aliphatic rings. The molecule has 1 aliphatic heterocycles. The maximum Gasteiger partial charge on any atom is 0.244 e. The second kappa shape index (κ2) is 9.50. The predicted molar refractivity (Wildman–Crippen MR) is 125 cm³/mol. The van der Waals surface area contributed by atoms with E-state index in [9.17, 15) is 8.42 Å². The molecule has 1 atom stereocenters. The minimum absolute atomic E-state index is 0.138. The van der Waals surface area contributed by atoms with Crippen LogP contribution in [0.1, 0.15) is 37.5 Å². The van der Waals surface area contributed by atoms with Gasteiger partial charge in [0.15, 0.2) is 0 Å². The number of nitrogens with zero attached hydrogens (tertiary/aromatic N) is 3. The molecule has 4 rings (SSSR count). The predicted octanol–water partition coefficient (Wildman–Crippen LogP) is 4.45. The molecule has 0 saturated heterocycles. The highest BCUT2D eigenvalue weighted by Crippen LogP contribution is 2.35. The average Bonchev–Trinajstić information content (AvgIpc) is 2.84. The zero-order valence-corrected chi connectivity index (χ0v) is 18.9. The molecule has 2 heterocycles. The summed E-state index contributed by atoms with van der Waals surface area (Å²) in [7, 11) is -3.54. The highest BCUT2D eigenvalue weighted by molar-refractivity contribution is 7.89. The number of fused-ring (bicyclic) bond motifs is 1. The van der Waals surface area contributed by atoms with Gasteiger partial charge in [0.1, 0.15) is 22.6 Å². The second-order valence-electron chi connectivity index (χ2n) is 7.36. The summed E-state index contributed by atoms with van der Waals surface area (Å²) in [6.07, 6.45) is 1.82. The number of hydrazone groups is 1. The molecule has 0 fully saturated rings. The molecule has 2 aromatic carbocycles. The van der Waals surface area contributed by atoms with Crippen LogP contribution in [0.25, 0.3) is 0 Å². The molecule has 0 bridgehead atoms. The third-order valence-corrected chi connectivity index (χ3v) is 7.44. The fourth-order valence-electron chi connectivity index (χ4n) is 3.68. The van der Waals surface area contributed by atoms with Crippen molar-refractivity contribution in [2.24, 2.45) is 5.10 Å². The van der Waals surface area contributed by atoms with Gasteiger partial charge in [0.05, 0.1) is 5.71 Å². The summed E-state index contributed by atoms with van der Waals surface area (Å²) < 4.78 is 32.9. The van der Waals surface area contributed by atoms with E-state index < -0.39 is 10.0 Å².